The standard InChI is InChI=1S/C25H24O8S2/c1-15-5-9-17(10-6-15)34(26,27)32-21-13-19-20(31-25(3,4)24-23(19)30-24)14-22(21)33-35(28,29)18-11-7-16(2)8-12-18/h5-14,23-24H,1-4H3/t23-,24-/m0/s1. The van der Waals surface area contributed by atoms with Crippen LogP contribution < -0.4 is 13.1 Å². The van der Waals surface area contributed by atoms with Gasteiger partial charge in [0, 0.05) is 11.6 Å². The van der Waals surface area contributed by atoms with Crippen molar-refractivity contribution in [2.75, 3.05) is 0 Å². The van der Waals surface area contributed by atoms with Crippen LogP contribution in [0.2, 0.25) is 0 Å². The van der Waals surface area contributed by atoms with Crippen molar-refractivity contribution in [3.8, 4) is 17.2 Å². The molecule has 2 heterocycles. The Morgan fingerprint density at radius 2 is 1.20 bits per heavy atom. The first-order valence-electron chi connectivity index (χ1n) is 10.9. The molecule has 0 aromatic heterocycles. The average Bonchev–Trinajstić information content (AvgIpc) is 3.57. The van der Waals surface area contributed by atoms with E-state index < -0.39 is 25.8 Å². The number of fused-ring (bicyclic) bond motifs is 3. The largest absolute Gasteiger partial charge is 0.484 e. The van der Waals surface area contributed by atoms with Gasteiger partial charge in [-0.15, -0.1) is 0 Å². The van der Waals surface area contributed by atoms with Crippen molar-refractivity contribution in [1.29, 1.82) is 0 Å². The van der Waals surface area contributed by atoms with Gasteiger partial charge in [0.05, 0.1) is 0 Å². The van der Waals surface area contributed by atoms with E-state index in [1.165, 1.54) is 36.4 Å². The number of ether oxygens (including phenoxy) is 2. The van der Waals surface area contributed by atoms with Crippen LogP contribution >= 0.6 is 0 Å². The van der Waals surface area contributed by atoms with Crippen LogP contribution in [0, 0.1) is 13.8 Å². The molecule has 10 heteroatoms. The van der Waals surface area contributed by atoms with Gasteiger partial charge in [0.1, 0.15) is 33.3 Å². The van der Waals surface area contributed by atoms with Crippen LogP contribution in [0.5, 0.6) is 17.2 Å². The summed E-state index contributed by atoms with van der Waals surface area (Å²) in [5.74, 6) is -0.254. The van der Waals surface area contributed by atoms with Gasteiger partial charge in [-0.05, 0) is 58.0 Å². The maximum Gasteiger partial charge on any atom is 0.339 e. The van der Waals surface area contributed by atoms with Gasteiger partial charge in [-0.25, -0.2) is 0 Å². The van der Waals surface area contributed by atoms with Gasteiger partial charge in [-0.2, -0.15) is 16.8 Å². The highest BCUT2D eigenvalue weighted by Gasteiger charge is 2.57. The first-order valence-corrected chi connectivity index (χ1v) is 13.7. The Bertz CT molecular complexity index is 1510. The summed E-state index contributed by atoms with van der Waals surface area (Å²) >= 11 is 0. The van der Waals surface area contributed by atoms with Crippen LogP contribution in [0.25, 0.3) is 0 Å². The van der Waals surface area contributed by atoms with Crippen molar-refractivity contribution >= 4 is 20.2 Å². The van der Waals surface area contributed by atoms with Crippen LogP contribution in [0.15, 0.2) is 70.5 Å². The van der Waals surface area contributed by atoms with E-state index >= 15 is 0 Å². The van der Waals surface area contributed by atoms with Crippen LogP contribution in [0.1, 0.15) is 36.6 Å². The van der Waals surface area contributed by atoms with Crippen molar-refractivity contribution in [3.05, 3.63) is 77.4 Å². The highest BCUT2D eigenvalue weighted by atomic mass is 32.2. The van der Waals surface area contributed by atoms with E-state index in [-0.39, 0.29) is 33.5 Å². The summed E-state index contributed by atoms with van der Waals surface area (Å²) in [6, 6.07) is 14.9. The molecule has 0 aliphatic carbocycles. The van der Waals surface area contributed by atoms with E-state index in [1.807, 2.05) is 27.7 Å². The maximum atomic E-state index is 13.0. The van der Waals surface area contributed by atoms with Gasteiger partial charge in [-0.1, -0.05) is 35.4 Å². The Morgan fingerprint density at radius 3 is 1.69 bits per heavy atom. The zero-order chi connectivity index (χ0) is 25.2. The van der Waals surface area contributed by atoms with Gasteiger partial charge in [0.2, 0.25) is 0 Å². The molecule has 5 rings (SSSR count). The first-order chi connectivity index (χ1) is 16.4. The summed E-state index contributed by atoms with van der Waals surface area (Å²) in [5, 5.41) is 0. The molecule has 1 fully saturated rings. The lowest BCUT2D eigenvalue weighted by Gasteiger charge is -2.30. The summed E-state index contributed by atoms with van der Waals surface area (Å²) < 4.78 is 74.6. The molecular formula is C25H24O8S2. The minimum absolute atomic E-state index is 0.0777. The second-order valence-corrected chi connectivity index (χ2v) is 12.3. The van der Waals surface area contributed by atoms with Gasteiger partial charge >= 0.3 is 20.2 Å². The SMILES string of the molecule is Cc1ccc(S(=O)(=O)Oc2cc3c(cc2OS(=O)(=O)c2ccc(C)cc2)[C@@H]2O[C@@H]2C(C)(C)O3)cc1. The van der Waals surface area contributed by atoms with E-state index in [0.29, 0.717) is 11.3 Å². The lowest BCUT2D eigenvalue weighted by molar-refractivity contribution is 0.0723. The first kappa shape index (κ1) is 23.7. The molecule has 0 bridgehead atoms. The molecule has 0 amide bonds. The Morgan fingerprint density at radius 1 is 0.743 bits per heavy atom. The van der Waals surface area contributed by atoms with E-state index in [9.17, 15) is 16.8 Å². The topological polar surface area (TPSA) is 109 Å². The Hall–Kier alpha value is -3.08. The highest BCUT2D eigenvalue weighted by Crippen LogP contribution is 2.56. The number of hydrogen-bond donors (Lipinski definition) is 0. The van der Waals surface area contributed by atoms with E-state index in [4.69, 9.17) is 17.8 Å². The number of aryl methyl sites for hydroxylation is 2. The molecular weight excluding hydrogens is 492 g/mol. The highest BCUT2D eigenvalue weighted by molar-refractivity contribution is 7.87. The maximum absolute atomic E-state index is 13.0. The zero-order valence-electron chi connectivity index (χ0n) is 19.5. The second kappa shape index (κ2) is 7.97. The minimum Gasteiger partial charge on any atom is -0.484 e. The third-order valence-electron chi connectivity index (χ3n) is 5.95. The molecule has 2 atom stereocenters. The summed E-state index contributed by atoms with van der Waals surface area (Å²) in [7, 11) is -8.59. The molecule has 0 unspecified atom stereocenters. The number of epoxide rings is 1. The molecule has 3 aromatic carbocycles. The predicted octanol–water partition coefficient (Wildman–Crippen LogP) is 4.45. The fourth-order valence-corrected chi connectivity index (χ4v) is 5.82. The Balaban J connectivity index is 1.58. The molecule has 0 N–H and O–H groups in total. The zero-order valence-corrected chi connectivity index (χ0v) is 21.1. The van der Waals surface area contributed by atoms with Crippen molar-refractivity contribution < 1.29 is 34.7 Å². The van der Waals surface area contributed by atoms with Crippen molar-refractivity contribution in [1.82, 2.24) is 0 Å². The van der Waals surface area contributed by atoms with Gasteiger partial charge in [-0.3, -0.25) is 0 Å². The summed E-state index contributed by atoms with van der Waals surface area (Å²) in [6.45, 7) is 7.37. The van der Waals surface area contributed by atoms with Gasteiger partial charge in [0.25, 0.3) is 0 Å². The van der Waals surface area contributed by atoms with Crippen LogP contribution in [0.3, 0.4) is 0 Å². The van der Waals surface area contributed by atoms with Gasteiger partial charge < -0.3 is 17.8 Å². The van der Waals surface area contributed by atoms with E-state index in [1.54, 1.807) is 24.3 Å². The smallest absolute Gasteiger partial charge is 0.339 e. The summed E-state index contributed by atoms with van der Waals surface area (Å²) in [5.41, 5.74) is 1.66. The fourth-order valence-electron chi connectivity index (χ4n) is 3.96. The van der Waals surface area contributed by atoms with E-state index in [0.717, 1.165) is 11.1 Å². The molecule has 0 radical (unpaired) electrons. The minimum atomic E-state index is -4.30. The van der Waals surface area contributed by atoms with Gasteiger partial charge in [0.15, 0.2) is 11.5 Å². The third-order valence-corrected chi connectivity index (χ3v) is 8.45. The monoisotopic (exact) mass is 516 g/mol. The lowest BCUT2D eigenvalue weighted by atomic mass is 9.94. The van der Waals surface area contributed by atoms with Crippen molar-refractivity contribution in [2.45, 2.75) is 55.3 Å². The van der Waals surface area contributed by atoms with Crippen LogP contribution in [-0.2, 0) is 25.0 Å². The quantitative estimate of drug-likeness (QED) is 0.349. The predicted molar refractivity (Wildman–Crippen MR) is 127 cm³/mol. The summed E-state index contributed by atoms with van der Waals surface area (Å²) in [4.78, 5) is -0.161. The molecule has 35 heavy (non-hydrogen) atoms. The molecule has 1 saturated heterocycles. The molecule has 3 aromatic rings. The number of hydrogen-bond acceptors (Lipinski definition) is 8. The fraction of sp³-hybridized carbons (Fsp3) is 0.280. The third kappa shape index (κ3) is 4.49. The van der Waals surface area contributed by atoms with E-state index in [2.05, 4.69) is 0 Å². The molecule has 184 valence electrons. The van der Waals surface area contributed by atoms with Crippen LogP contribution in [0.4, 0.5) is 0 Å². The normalized spacial score (nSPS) is 20.2. The Labute approximate surface area is 204 Å². The average molecular weight is 517 g/mol. The van der Waals surface area contributed by atoms with Crippen molar-refractivity contribution in [2.24, 2.45) is 0 Å². The molecule has 0 spiro atoms. The molecule has 8 nitrogen and oxygen atoms in total. The summed E-state index contributed by atoms with van der Waals surface area (Å²) in [6.07, 6.45) is -0.527. The van der Waals surface area contributed by atoms with Crippen molar-refractivity contribution in [3.63, 3.8) is 0 Å². The molecule has 0 saturated carbocycles. The molecule has 2 aliphatic rings. The number of rotatable bonds is 6. The Kier molecular flexibility index (Phi) is 5.39. The lowest BCUT2D eigenvalue weighted by Crippen LogP contribution is -2.37. The number of benzene rings is 3. The molecule has 2 aliphatic heterocycles. The van der Waals surface area contributed by atoms with Crippen LogP contribution in [-0.4, -0.2) is 28.5 Å². The second-order valence-electron chi connectivity index (χ2n) is 9.22.